The second-order valence-electron chi connectivity index (χ2n) is 4.66. The van der Waals surface area contributed by atoms with Crippen molar-refractivity contribution in [3.05, 3.63) is 18.2 Å². The summed E-state index contributed by atoms with van der Waals surface area (Å²) in [4.78, 5) is 0.0723. The van der Waals surface area contributed by atoms with Gasteiger partial charge in [-0.25, -0.2) is 13.1 Å². The monoisotopic (exact) mass is 287 g/mol. The molecule has 19 heavy (non-hydrogen) atoms. The SMILES string of the molecule is CCC(C)(CO)Nc1ccc(N)cc1S(=O)(=O)NC. The van der Waals surface area contributed by atoms with E-state index in [0.717, 1.165) is 0 Å². The van der Waals surface area contributed by atoms with Crippen LogP contribution in [0.15, 0.2) is 23.1 Å². The highest BCUT2D eigenvalue weighted by Gasteiger charge is 2.25. The first kappa shape index (κ1) is 15.7. The number of nitrogens with two attached hydrogens (primary N) is 1. The van der Waals surface area contributed by atoms with Crippen LogP contribution in [-0.4, -0.2) is 32.7 Å². The Morgan fingerprint density at radius 1 is 1.42 bits per heavy atom. The van der Waals surface area contributed by atoms with Crippen LogP contribution in [0, 0.1) is 0 Å². The molecule has 0 heterocycles. The van der Waals surface area contributed by atoms with Crippen molar-refractivity contribution in [2.45, 2.75) is 30.7 Å². The lowest BCUT2D eigenvalue weighted by molar-refractivity contribution is 0.218. The molecule has 0 aromatic heterocycles. The summed E-state index contributed by atoms with van der Waals surface area (Å²) in [6.45, 7) is 3.62. The van der Waals surface area contributed by atoms with E-state index in [9.17, 15) is 13.5 Å². The number of aliphatic hydroxyl groups is 1. The zero-order chi connectivity index (χ0) is 14.7. The second-order valence-corrected chi connectivity index (χ2v) is 6.52. The normalized spacial score (nSPS) is 14.9. The predicted molar refractivity (Wildman–Crippen MR) is 76.5 cm³/mol. The first-order valence-corrected chi connectivity index (χ1v) is 7.48. The number of rotatable bonds is 6. The highest BCUT2D eigenvalue weighted by molar-refractivity contribution is 7.89. The van der Waals surface area contributed by atoms with Crippen molar-refractivity contribution in [3.8, 4) is 0 Å². The first-order valence-electron chi connectivity index (χ1n) is 6.00. The Bertz CT molecular complexity index is 539. The van der Waals surface area contributed by atoms with Crippen molar-refractivity contribution in [1.82, 2.24) is 4.72 Å². The average Bonchev–Trinajstić information content (AvgIpc) is 2.40. The molecule has 1 unspecified atom stereocenters. The van der Waals surface area contributed by atoms with Crippen molar-refractivity contribution < 1.29 is 13.5 Å². The minimum atomic E-state index is -3.61. The molecule has 1 atom stereocenters. The third-order valence-electron chi connectivity index (χ3n) is 3.13. The van der Waals surface area contributed by atoms with E-state index in [4.69, 9.17) is 5.73 Å². The van der Waals surface area contributed by atoms with Crippen molar-refractivity contribution in [3.63, 3.8) is 0 Å². The van der Waals surface area contributed by atoms with Crippen LogP contribution >= 0.6 is 0 Å². The molecule has 6 nitrogen and oxygen atoms in total. The third kappa shape index (κ3) is 3.59. The Morgan fingerprint density at radius 3 is 2.53 bits per heavy atom. The molecule has 0 fully saturated rings. The summed E-state index contributed by atoms with van der Waals surface area (Å²) in [5, 5.41) is 12.5. The molecule has 0 amide bonds. The van der Waals surface area contributed by atoms with Gasteiger partial charge in [0.15, 0.2) is 0 Å². The van der Waals surface area contributed by atoms with Gasteiger partial charge in [-0.2, -0.15) is 0 Å². The molecule has 7 heteroatoms. The van der Waals surface area contributed by atoms with Crippen molar-refractivity contribution in [2.24, 2.45) is 0 Å². The lowest BCUT2D eigenvalue weighted by Gasteiger charge is -2.29. The van der Waals surface area contributed by atoms with Crippen molar-refractivity contribution >= 4 is 21.4 Å². The molecule has 0 aliphatic carbocycles. The van der Waals surface area contributed by atoms with Crippen LogP contribution in [-0.2, 0) is 10.0 Å². The van der Waals surface area contributed by atoms with E-state index < -0.39 is 15.6 Å². The number of nitrogens with one attached hydrogen (secondary N) is 2. The van der Waals surface area contributed by atoms with Gasteiger partial charge in [0.1, 0.15) is 4.90 Å². The number of hydrogen-bond acceptors (Lipinski definition) is 5. The predicted octanol–water partition coefficient (Wildman–Crippen LogP) is 0.750. The quantitative estimate of drug-likeness (QED) is 0.578. The van der Waals surface area contributed by atoms with Crippen LogP contribution < -0.4 is 15.8 Å². The van der Waals surface area contributed by atoms with Crippen LogP contribution in [0.5, 0.6) is 0 Å². The molecule has 108 valence electrons. The number of aliphatic hydroxyl groups excluding tert-OH is 1. The minimum absolute atomic E-state index is 0.0723. The van der Waals surface area contributed by atoms with Crippen LogP contribution in [0.3, 0.4) is 0 Å². The molecule has 1 aromatic carbocycles. The van der Waals surface area contributed by atoms with Gasteiger partial charge in [-0.15, -0.1) is 0 Å². The summed E-state index contributed by atoms with van der Waals surface area (Å²) in [7, 11) is -2.27. The van der Waals surface area contributed by atoms with E-state index in [1.54, 1.807) is 12.1 Å². The van der Waals surface area contributed by atoms with Gasteiger partial charge in [0.05, 0.1) is 17.8 Å². The molecule has 1 aromatic rings. The van der Waals surface area contributed by atoms with E-state index in [1.807, 2.05) is 13.8 Å². The van der Waals surface area contributed by atoms with Crippen molar-refractivity contribution in [2.75, 3.05) is 24.7 Å². The summed E-state index contributed by atoms with van der Waals surface area (Å²) < 4.78 is 26.2. The average molecular weight is 287 g/mol. The van der Waals surface area contributed by atoms with E-state index in [1.165, 1.54) is 13.1 Å². The maximum absolute atomic E-state index is 12.0. The summed E-state index contributed by atoms with van der Waals surface area (Å²) in [6.07, 6.45) is 0.646. The van der Waals surface area contributed by atoms with Gasteiger partial charge in [-0.05, 0) is 38.6 Å². The van der Waals surface area contributed by atoms with Crippen molar-refractivity contribution in [1.29, 1.82) is 0 Å². The molecule has 0 bridgehead atoms. The summed E-state index contributed by atoms with van der Waals surface area (Å²) in [5.41, 5.74) is 5.83. The maximum Gasteiger partial charge on any atom is 0.242 e. The van der Waals surface area contributed by atoms with E-state index in [0.29, 0.717) is 17.8 Å². The summed E-state index contributed by atoms with van der Waals surface area (Å²) >= 11 is 0. The Balaban J connectivity index is 3.29. The number of sulfonamides is 1. The number of nitrogen functional groups attached to an aromatic ring is 1. The Hall–Kier alpha value is -1.31. The van der Waals surface area contributed by atoms with Gasteiger partial charge in [0, 0.05) is 5.69 Å². The lowest BCUT2D eigenvalue weighted by atomic mass is 10.00. The fourth-order valence-electron chi connectivity index (χ4n) is 1.54. The first-order chi connectivity index (χ1) is 8.78. The maximum atomic E-state index is 12.0. The van der Waals surface area contributed by atoms with Crippen LogP contribution in [0.4, 0.5) is 11.4 Å². The third-order valence-corrected chi connectivity index (χ3v) is 4.58. The summed E-state index contributed by atoms with van der Waals surface area (Å²) in [5.74, 6) is 0. The molecule has 0 aliphatic heterocycles. The fourth-order valence-corrected chi connectivity index (χ4v) is 2.46. The van der Waals surface area contributed by atoms with Crippen LogP contribution in [0.25, 0.3) is 0 Å². The molecule has 0 saturated heterocycles. The largest absolute Gasteiger partial charge is 0.399 e. The van der Waals surface area contributed by atoms with Gasteiger partial charge in [-0.1, -0.05) is 6.92 Å². The topological polar surface area (TPSA) is 104 Å². The molecule has 1 rings (SSSR count). The van der Waals surface area contributed by atoms with Gasteiger partial charge in [0.25, 0.3) is 0 Å². The second kappa shape index (κ2) is 5.77. The highest BCUT2D eigenvalue weighted by Crippen LogP contribution is 2.27. The van der Waals surface area contributed by atoms with Gasteiger partial charge in [-0.3, -0.25) is 0 Å². The lowest BCUT2D eigenvalue weighted by Crippen LogP contribution is -2.38. The minimum Gasteiger partial charge on any atom is -0.399 e. The molecule has 5 N–H and O–H groups in total. The molecule has 0 aliphatic rings. The van der Waals surface area contributed by atoms with Crippen LogP contribution in [0.2, 0.25) is 0 Å². The standard InChI is InChI=1S/C12H21N3O3S/c1-4-12(2,8-16)15-10-6-5-9(13)7-11(10)19(17,18)14-3/h5-7,14-16H,4,8,13H2,1-3H3. The van der Waals surface area contributed by atoms with E-state index >= 15 is 0 Å². The molecule has 0 radical (unpaired) electrons. The Kier molecular flexibility index (Phi) is 4.78. The zero-order valence-electron chi connectivity index (χ0n) is 11.4. The number of hydrogen-bond donors (Lipinski definition) is 4. The molecular formula is C12H21N3O3S. The van der Waals surface area contributed by atoms with E-state index in [2.05, 4.69) is 10.0 Å². The number of benzene rings is 1. The Labute approximate surface area is 114 Å². The van der Waals surface area contributed by atoms with Gasteiger partial charge >= 0.3 is 0 Å². The molecule has 0 saturated carbocycles. The highest BCUT2D eigenvalue weighted by atomic mass is 32.2. The molecule has 0 spiro atoms. The van der Waals surface area contributed by atoms with Gasteiger partial charge in [0.2, 0.25) is 10.0 Å². The summed E-state index contributed by atoms with van der Waals surface area (Å²) in [6, 6.07) is 4.61. The van der Waals surface area contributed by atoms with Gasteiger partial charge < -0.3 is 16.2 Å². The smallest absolute Gasteiger partial charge is 0.242 e. The zero-order valence-corrected chi connectivity index (χ0v) is 12.2. The number of anilines is 2. The molecular weight excluding hydrogens is 266 g/mol. The van der Waals surface area contributed by atoms with Crippen LogP contribution in [0.1, 0.15) is 20.3 Å². The van der Waals surface area contributed by atoms with E-state index in [-0.39, 0.29) is 11.5 Å². The Morgan fingerprint density at radius 2 is 2.05 bits per heavy atom. The fraction of sp³-hybridized carbons (Fsp3) is 0.500.